The average Bonchev–Trinajstić information content (AvgIpc) is 3.24. The number of quaternary nitrogens is 1. The van der Waals surface area contributed by atoms with E-state index in [-0.39, 0.29) is 11.3 Å². The number of hydrazine groups is 1. The number of hydrogen-bond donors (Lipinski definition) is 3. The first-order valence-electron chi connectivity index (χ1n) is 12.3. The number of fused-ring (bicyclic) bond motifs is 5. The van der Waals surface area contributed by atoms with Crippen molar-refractivity contribution in [1.82, 2.24) is 10.7 Å². The van der Waals surface area contributed by atoms with Crippen LogP contribution in [0.2, 0.25) is 0 Å². The highest BCUT2D eigenvalue weighted by Gasteiger charge is 2.61. The number of carbonyl (C=O) groups is 1. The fourth-order valence-electron chi connectivity index (χ4n) is 8.72. The van der Waals surface area contributed by atoms with Gasteiger partial charge in [0.15, 0.2) is 5.78 Å². The Bertz CT molecular complexity index is 751. The van der Waals surface area contributed by atoms with Crippen LogP contribution >= 0.6 is 0 Å². The van der Waals surface area contributed by atoms with Crippen LogP contribution in [-0.2, 0) is 4.79 Å². The fraction of sp³-hybridized carbons (Fsp3) is 0.917. The van der Waals surface area contributed by atoms with Gasteiger partial charge in [-0.05, 0) is 99.2 Å². The molecule has 4 saturated carbocycles. The summed E-state index contributed by atoms with van der Waals surface area (Å²) in [5.41, 5.74) is 5.03. The lowest BCUT2D eigenvalue weighted by molar-refractivity contribution is -0.620. The number of aliphatic hydroxyl groups is 1. The van der Waals surface area contributed by atoms with Gasteiger partial charge in [0.05, 0.1) is 5.60 Å². The standard InChI is InChI=1S/C24H40N4O2/c1-15-25-27-28(26-15)14-21(29)20-8-7-18-17-6-5-16-13-22(2,30)11-12-23(16,3)19(17)9-10-24(18,20)4/h16-20,27,30H,5-14H2,1-4H3,(H,25,26)/p+1. The third-order valence-corrected chi connectivity index (χ3v) is 10.3. The number of nitrogens with two attached hydrogens (primary N) is 1. The zero-order valence-electron chi connectivity index (χ0n) is 19.3. The van der Waals surface area contributed by atoms with Crippen LogP contribution < -0.4 is 11.0 Å². The predicted molar refractivity (Wildman–Crippen MR) is 116 cm³/mol. The van der Waals surface area contributed by atoms with E-state index in [2.05, 4.69) is 24.5 Å². The van der Waals surface area contributed by atoms with Gasteiger partial charge in [0.1, 0.15) is 6.54 Å². The second-order valence-corrected chi connectivity index (χ2v) is 12.1. The topological polar surface area (TPSA) is 81.5 Å². The van der Waals surface area contributed by atoms with Gasteiger partial charge in [-0.15, -0.1) is 5.10 Å². The molecule has 0 amide bonds. The molecule has 5 rings (SSSR count). The molecule has 1 aliphatic heterocycles. The molecule has 30 heavy (non-hydrogen) atoms. The first kappa shape index (κ1) is 20.9. The van der Waals surface area contributed by atoms with E-state index in [0.717, 1.165) is 36.9 Å². The maximum absolute atomic E-state index is 13.3. The molecule has 0 radical (unpaired) electrons. The van der Waals surface area contributed by atoms with Crippen molar-refractivity contribution in [2.45, 2.75) is 91.1 Å². The average molecular weight is 418 g/mol. The quantitative estimate of drug-likeness (QED) is 0.617. The van der Waals surface area contributed by atoms with E-state index in [1.54, 1.807) is 5.12 Å². The zero-order valence-corrected chi connectivity index (χ0v) is 19.3. The summed E-state index contributed by atoms with van der Waals surface area (Å²) in [7, 11) is 0. The van der Waals surface area contributed by atoms with Crippen LogP contribution in [0.15, 0.2) is 5.10 Å². The van der Waals surface area contributed by atoms with Crippen LogP contribution in [0.25, 0.3) is 0 Å². The Morgan fingerprint density at radius 1 is 1.10 bits per heavy atom. The Labute approximate surface area is 181 Å². The van der Waals surface area contributed by atoms with Gasteiger partial charge in [0.25, 0.3) is 0 Å². The summed E-state index contributed by atoms with van der Waals surface area (Å²) in [5, 5.41) is 16.8. The van der Waals surface area contributed by atoms with Crippen molar-refractivity contribution in [3.05, 3.63) is 0 Å². The Hall–Kier alpha value is -0.980. The van der Waals surface area contributed by atoms with Crippen molar-refractivity contribution >= 4 is 11.6 Å². The molecule has 0 spiro atoms. The van der Waals surface area contributed by atoms with E-state index in [1.807, 2.05) is 19.3 Å². The Morgan fingerprint density at radius 2 is 1.87 bits per heavy atom. The van der Waals surface area contributed by atoms with Crippen LogP contribution in [-0.4, -0.2) is 34.0 Å². The van der Waals surface area contributed by atoms with Crippen LogP contribution in [0.5, 0.6) is 0 Å². The van der Waals surface area contributed by atoms with Crippen molar-refractivity contribution in [2.75, 3.05) is 6.54 Å². The van der Waals surface area contributed by atoms with E-state index in [0.29, 0.717) is 29.6 Å². The van der Waals surface area contributed by atoms with Gasteiger partial charge in [-0.3, -0.25) is 4.79 Å². The molecule has 4 aliphatic carbocycles. The summed E-state index contributed by atoms with van der Waals surface area (Å²) in [6.45, 7) is 9.35. The number of nitrogens with one attached hydrogen (secondary N) is 1. The van der Waals surface area contributed by atoms with E-state index in [9.17, 15) is 9.90 Å². The largest absolute Gasteiger partial charge is 0.390 e. The first-order chi connectivity index (χ1) is 14.1. The van der Waals surface area contributed by atoms with E-state index in [4.69, 9.17) is 0 Å². The highest BCUT2D eigenvalue weighted by Crippen LogP contribution is 2.68. The maximum atomic E-state index is 13.3. The molecule has 5 aliphatic rings. The minimum absolute atomic E-state index is 0.157. The third-order valence-electron chi connectivity index (χ3n) is 10.3. The normalized spacial score (nSPS) is 50.5. The molecule has 4 N–H and O–H groups in total. The van der Waals surface area contributed by atoms with Crippen molar-refractivity contribution in [3.8, 4) is 0 Å². The lowest BCUT2D eigenvalue weighted by atomic mass is 9.44. The summed E-state index contributed by atoms with van der Waals surface area (Å²) < 4.78 is 0. The SMILES string of the molecule is CC1=NN(CC(=O)C2CCC3C4CCC5CC(C)(O)CCC5(C)C4CCC23C)N[NH2+]1. The van der Waals surface area contributed by atoms with Crippen LogP contribution in [0, 0.1) is 40.4 Å². The lowest BCUT2D eigenvalue weighted by Crippen LogP contribution is -2.94. The van der Waals surface area contributed by atoms with Crippen LogP contribution in [0.4, 0.5) is 0 Å². The minimum Gasteiger partial charge on any atom is -0.390 e. The summed E-state index contributed by atoms with van der Waals surface area (Å²) in [5.74, 6) is 4.38. The Balaban J connectivity index is 1.32. The number of nitrogens with zero attached hydrogens (tertiary/aromatic N) is 2. The smallest absolute Gasteiger partial charge is 0.236 e. The first-order valence-corrected chi connectivity index (χ1v) is 12.3. The van der Waals surface area contributed by atoms with Gasteiger partial charge in [-0.1, -0.05) is 19.4 Å². The van der Waals surface area contributed by atoms with Gasteiger partial charge < -0.3 is 5.11 Å². The molecule has 6 nitrogen and oxygen atoms in total. The summed E-state index contributed by atoms with van der Waals surface area (Å²) in [4.78, 5) is 13.3. The second kappa shape index (κ2) is 7.01. The van der Waals surface area contributed by atoms with E-state index in [1.165, 1.54) is 38.5 Å². The van der Waals surface area contributed by atoms with Gasteiger partial charge in [-0.2, -0.15) is 5.12 Å². The predicted octanol–water partition coefficient (Wildman–Crippen LogP) is 2.60. The number of Topliss-reactive ketones (excluding diaryl/α,β-unsaturated/α-hetero) is 1. The third kappa shape index (κ3) is 3.17. The van der Waals surface area contributed by atoms with Gasteiger partial charge in [0, 0.05) is 12.8 Å². The van der Waals surface area contributed by atoms with Crippen LogP contribution in [0.3, 0.4) is 0 Å². The van der Waals surface area contributed by atoms with Crippen molar-refractivity contribution < 1.29 is 15.3 Å². The second-order valence-electron chi connectivity index (χ2n) is 12.1. The number of amidine groups is 1. The van der Waals surface area contributed by atoms with E-state index < -0.39 is 5.60 Å². The molecule has 0 aromatic rings. The number of rotatable bonds is 3. The minimum atomic E-state index is -0.465. The van der Waals surface area contributed by atoms with Crippen molar-refractivity contribution in [1.29, 1.82) is 0 Å². The van der Waals surface area contributed by atoms with Gasteiger partial charge in [0.2, 0.25) is 5.84 Å². The molecule has 0 saturated heterocycles. The van der Waals surface area contributed by atoms with Crippen molar-refractivity contribution in [3.63, 3.8) is 0 Å². The number of carbonyl (C=O) groups excluding carboxylic acids is 1. The molecule has 8 unspecified atom stereocenters. The Morgan fingerprint density at radius 3 is 2.60 bits per heavy atom. The number of hydrazone groups is 1. The molecule has 168 valence electrons. The molecule has 0 bridgehead atoms. The number of ketones is 1. The summed E-state index contributed by atoms with van der Waals surface area (Å²) >= 11 is 0. The molecule has 0 aromatic heterocycles. The number of hydrogen-bond acceptors (Lipinski definition) is 5. The summed E-state index contributed by atoms with van der Waals surface area (Å²) in [6.07, 6.45) is 10.4. The highest BCUT2D eigenvalue weighted by atomic mass is 16.3. The molecular formula is C24H41N4O2+. The molecule has 1 heterocycles. The highest BCUT2D eigenvalue weighted by molar-refractivity contribution is 5.84. The van der Waals surface area contributed by atoms with Crippen molar-refractivity contribution in [2.24, 2.45) is 45.5 Å². The van der Waals surface area contributed by atoms with Gasteiger partial charge in [-0.25, -0.2) is 5.43 Å². The van der Waals surface area contributed by atoms with E-state index >= 15 is 0 Å². The van der Waals surface area contributed by atoms with Crippen LogP contribution in [0.1, 0.15) is 85.5 Å². The monoisotopic (exact) mass is 417 g/mol. The molecular weight excluding hydrogens is 376 g/mol. The Kier molecular flexibility index (Phi) is 4.88. The fourth-order valence-corrected chi connectivity index (χ4v) is 8.72. The molecule has 6 heteroatoms. The maximum Gasteiger partial charge on any atom is 0.236 e. The summed E-state index contributed by atoms with van der Waals surface area (Å²) in [6, 6.07) is 0. The lowest BCUT2D eigenvalue weighted by Gasteiger charge is -2.61. The zero-order chi connectivity index (χ0) is 21.3. The molecule has 8 atom stereocenters. The molecule has 0 aromatic carbocycles. The van der Waals surface area contributed by atoms with Gasteiger partial charge >= 0.3 is 0 Å². The molecule has 4 fully saturated rings.